The van der Waals surface area contributed by atoms with Gasteiger partial charge in [-0.15, -0.1) is 0 Å². The number of benzene rings is 1. The Hall–Kier alpha value is -0.851. The fourth-order valence-electron chi connectivity index (χ4n) is 1.01. The molecule has 0 aliphatic heterocycles. The first kappa shape index (κ1) is 11.2. The SMILES string of the molecule is C=CCC[Se]C(=O)c1ccc(C)cc1. The standard InChI is InChI=1S/C12H14OSe/c1-3-4-9-14-12(13)11-7-5-10(2)6-8-11/h3,5-8H,1,4,9H2,2H3. The Kier molecular flexibility index (Phi) is 4.64. The molecule has 0 radical (unpaired) electrons. The van der Waals surface area contributed by atoms with Crippen LogP contribution in [0.4, 0.5) is 0 Å². The molecule has 0 fully saturated rings. The zero-order chi connectivity index (χ0) is 10.4. The third kappa shape index (κ3) is 3.49. The predicted molar refractivity (Wildman–Crippen MR) is 60.9 cm³/mol. The molecule has 2 heteroatoms. The van der Waals surface area contributed by atoms with E-state index < -0.39 is 0 Å². The van der Waals surface area contributed by atoms with E-state index in [4.69, 9.17) is 0 Å². The average molecular weight is 253 g/mol. The van der Waals surface area contributed by atoms with Crippen LogP contribution in [0.5, 0.6) is 0 Å². The van der Waals surface area contributed by atoms with Gasteiger partial charge in [-0.05, 0) is 0 Å². The van der Waals surface area contributed by atoms with Gasteiger partial charge in [0.1, 0.15) is 0 Å². The zero-order valence-corrected chi connectivity index (χ0v) is 10.0. The van der Waals surface area contributed by atoms with Crippen LogP contribution >= 0.6 is 0 Å². The summed E-state index contributed by atoms with van der Waals surface area (Å²) in [5.74, 6) is 0. The van der Waals surface area contributed by atoms with E-state index in [1.165, 1.54) is 5.56 Å². The Labute approximate surface area is 91.4 Å². The third-order valence-corrected chi connectivity index (χ3v) is 3.81. The van der Waals surface area contributed by atoms with Crippen molar-refractivity contribution in [1.82, 2.24) is 0 Å². The number of allylic oxidation sites excluding steroid dienone is 1. The molecule has 0 saturated carbocycles. The number of carbonyl (C=O) groups is 1. The van der Waals surface area contributed by atoms with Crippen LogP contribution in [0, 0.1) is 6.92 Å². The Morgan fingerprint density at radius 1 is 1.43 bits per heavy atom. The number of aryl methyl sites for hydroxylation is 1. The molecule has 0 saturated heterocycles. The average Bonchev–Trinajstić information content (AvgIpc) is 2.19. The van der Waals surface area contributed by atoms with Crippen LogP contribution in [-0.4, -0.2) is 19.6 Å². The van der Waals surface area contributed by atoms with E-state index in [9.17, 15) is 4.79 Å². The summed E-state index contributed by atoms with van der Waals surface area (Å²) in [6.45, 7) is 5.67. The number of hydrogen-bond donors (Lipinski definition) is 0. The molecule has 0 heterocycles. The van der Waals surface area contributed by atoms with Crippen molar-refractivity contribution in [2.45, 2.75) is 18.7 Å². The van der Waals surface area contributed by atoms with E-state index in [1.54, 1.807) is 0 Å². The van der Waals surface area contributed by atoms with Crippen molar-refractivity contribution in [1.29, 1.82) is 0 Å². The topological polar surface area (TPSA) is 17.1 Å². The van der Waals surface area contributed by atoms with Gasteiger partial charge in [0.15, 0.2) is 0 Å². The summed E-state index contributed by atoms with van der Waals surface area (Å²) in [5, 5.41) is 0.962. The van der Waals surface area contributed by atoms with E-state index >= 15 is 0 Å². The molecule has 1 nitrogen and oxygen atoms in total. The molecule has 0 aliphatic rings. The number of carbonyl (C=O) groups excluding carboxylic acids is 1. The summed E-state index contributed by atoms with van der Waals surface area (Å²) < 4.78 is 0.291. The Morgan fingerprint density at radius 3 is 2.64 bits per heavy atom. The van der Waals surface area contributed by atoms with Crippen LogP contribution in [-0.2, 0) is 0 Å². The number of rotatable bonds is 5. The van der Waals surface area contributed by atoms with Crippen molar-refractivity contribution >= 4 is 19.6 Å². The number of hydrogen-bond acceptors (Lipinski definition) is 1. The van der Waals surface area contributed by atoms with Gasteiger partial charge < -0.3 is 0 Å². The van der Waals surface area contributed by atoms with E-state index in [0.717, 1.165) is 17.3 Å². The minimum absolute atomic E-state index is 0.0729. The van der Waals surface area contributed by atoms with Crippen LogP contribution in [0.1, 0.15) is 22.3 Å². The molecule has 0 N–H and O–H groups in total. The van der Waals surface area contributed by atoms with Crippen molar-refractivity contribution in [3.05, 3.63) is 48.0 Å². The summed E-state index contributed by atoms with van der Waals surface area (Å²) in [6.07, 6.45) is 2.81. The normalized spacial score (nSPS) is 9.79. The molecular weight excluding hydrogens is 239 g/mol. The quantitative estimate of drug-likeness (QED) is 0.448. The molecule has 0 aromatic heterocycles. The second kappa shape index (κ2) is 5.79. The summed E-state index contributed by atoms with van der Waals surface area (Å²) in [5.41, 5.74) is 2.04. The first-order valence-electron chi connectivity index (χ1n) is 4.58. The Balaban J connectivity index is 2.52. The fraction of sp³-hybridized carbons (Fsp3) is 0.250. The molecule has 1 rings (SSSR count). The van der Waals surface area contributed by atoms with Gasteiger partial charge in [-0.3, -0.25) is 0 Å². The van der Waals surface area contributed by atoms with Gasteiger partial charge in [0.25, 0.3) is 0 Å². The maximum absolute atomic E-state index is 11.6. The molecule has 1 aromatic carbocycles. The Bertz CT molecular complexity index is 314. The molecule has 0 atom stereocenters. The monoisotopic (exact) mass is 254 g/mol. The van der Waals surface area contributed by atoms with Crippen LogP contribution < -0.4 is 0 Å². The molecule has 14 heavy (non-hydrogen) atoms. The molecule has 0 bridgehead atoms. The first-order valence-corrected chi connectivity index (χ1v) is 6.65. The molecular formula is C12H14OSe. The van der Waals surface area contributed by atoms with E-state index in [1.807, 2.05) is 37.3 Å². The van der Waals surface area contributed by atoms with Gasteiger partial charge in [-0.25, -0.2) is 0 Å². The molecule has 0 amide bonds. The van der Waals surface area contributed by atoms with Gasteiger partial charge in [-0.1, -0.05) is 0 Å². The predicted octanol–water partition coefficient (Wildman–Crippen LogP) is 2.83. The molecule has 74 valence electrons. The zero-order valence-electron chi connectivity index (χ0n) is 8.32. The molecule has 0 spiro atoms. The van der Waals surface area contributed by atoms with Crippen molar-refractivity contribution < 1.29 is 4.79 Å². The van der Waals surface area contributed by atoms with Gasteiger partial charge >= 0.3 is 91.1 Å². The van der Waals surface area contributed by atoms with Crippen LogP contribution in [0.3, 0.4) is 0 Å². The van der Waals surface area contributed by atoms with E-state index in [0.29, 0.717) is 4.68 Å². The second-order valence-electron chi connectivity index (χ2n) is 3.08. The van der Waals surface area contributed by atoms with Crippen molar-refractivity contribution in [3.63, 3.8) is 0 Å². The molecule has 0 unspecified atom stereocenters. The Morgan fingerprint density at radius 2 is 2.07 bits per heavy atom. The fourth-order valence-corrected chi connectivity index (χ4v) is 2.63. The van der Waals surface area contributed by atoms with E-state index in [-0.39, 0.29) is 15.0 Å². The van der Waals surface area contributed by atoms with Crippen LogP contribution in [0.2, 0.25) is 5.32 Å². The van der Waals surface area contributed by atoms with E-state index in [2.05, 4.69) is 6.58 Å². The summed E-state index contributed by atoms with van der Waals surface area (Å²) >= 11 is 0.0729. The maximum atomic E-state index is 11.6. The summed E-state index contributed by atoms with van der Waals surface area (Å²) in [4.78, 5) is 11.6. The molecule has 1 aromatic rings. The van der Waals surface area contributed by atoms with Gasteiger partial charge in [0.05, 0.1) is 0 Å². The second-order valence-corrected chi connectivity index (χ2v) is 5.32. The summed E-state index contributed by atoms with van der Waals surface area (Å²) in [6, 6.07) is 7.79. The van der Waals surface area contributed by atoms with Crippen molar-refractivity contribution in [3.8, 4) is 0 Å². The summed E-state index contributed by atoms with van der Waals surface area (Å²) in [7, 11) is 0. The van der Waals surface area contributed by atoms with Crippen molar-refractivity contribution in [2.24, 2.45) is 0 Å². The van der Waals surface area contributed by atoms with Gasteiger partial charge in [-0.2, -0.15) is 0 Å². The van der Waals surface area contributed by atoms with Crippen LogP contribution in [0.25, 0.3) is 0 Å². The first-order chi connectivity index (χ1) is 6.74. The van der Waals surface area contributed by atoms with Gasteiger partial charge in [0.2, 0.25) is 0 Å². The van der Waals surface area contributed by atoms with Gasteiger partial charge in [0, 0.05) is 0 Å². The third-order valence-electron chi connectivity index (χ3n) is 1.84. The van der Waals surface area contributed by atoms with Crippen molar-refractivity contribution in [2.75, 3.05) is 0 Å². The molecule has 0 aliphatic carbocycles. The minimum atomic E-state index is 0.0729. The van der Waals surface area contributed by atoms with Crippen LogP contribution in [0.15, 0.2) is 36.9 Å².